The molecule has 2 N–H and O–H groups in total. The summed E-state index contributed by atoms with van der Waals surface area (Å²) in [6.45, 7) is 5.95. The van der Waals surface area contributed by atoms with Crippen LogP contribution in [0, 0.1) is 0 Å². The van der Waals surface area contributed by atoms with Crippen LogP contribution in [0.1, 0.15) is 55.8 Å². The van der Waals surface area contributed by atoms with E-state index in [1.807, 2.05) is 13.8 Å². The first-order valence-corrected chi connectivity index (χ1v) is 5.80. The molecule has 1 heterocycles. The molecule has 1 saturated carbocycles. The largest absolute Gasteiger partial charge is 0.476 e. The van der Waals surface area contributed by atoms with Crippen molar-refractivity contribution < 1.29 is 9.90 Å². The number of hydrogen-bond donors (Lipinski definition) is 2. The van der Waals surface area contributed by atoms with Gasteiger partial charge in [-0.05, 0) is 19.8 Å². The molecule has 2 rings (SSSR count). The molecule has 0 radical (unpaired) electrons. The topological polar surface area (TPSA) is 75.1 Å². The number of aromatic nitrogens is 2. The number of nitrogens with one attached hydrogen (secondary N) is 1. The first-order valence-electron chi connectivity index (χ1n) is 5.80. The minimum absolute atomic E-state index is 0.0207. The molecule has 0 atom stereocenters. The van der Waals surface area contributed by atoms with Gasteiger partial charge in [-0.25, -0.2) is 14.8 Å². The van der Waals surface area contributed by atoms with Crippen molar-refractivity contribution in [3.8, 4) is 0 Å². The quantitative estimate of drug-likeness (QED) is 0.837. The molecule has 0 amide bonds. The van der Waals surface area contributed by atoms with Crippen LogP contribution in [0.5, 0.6) is 0 Å². The van der Waals surface area contributed by atoms with Crippen LogP contribution in [0.4, 0.5) is 5.69 Å². The van der Waals surface area contributed by atoms with E-state index in [1.165, 1.54) is 0 Å². The third-order valence-electron chi connectivity index (χ3n) is 2.96. The monoisotopic (exact) mass is 235 g/mol. The molecule has 0 aromatic carbocycles. The van der Waals surface area contributed by atoms with Gasteiger partial charge in [0.15, 0.2) is 5.69 Å². The molecular formula is C12H17N3O2. The first-order chi connectivity index (χ1) is 7.91. The Balaban J connectivity index is 2.34. The summed E-state index contributed by atoms with van der Waals surface area (Å²) in [7, 11) is 0. The maximum atomic E-state index is 11.2. The highest BCUT2D eigenvalue weighted by Gasteiger charge is 2.38. The lowest BCUT2D eigenvalue weighted by atomic mass is 10.2. The van der Waals surface area contributed by atoms with Crippen LogP contribution in [0.3, 0.4) is 0 Å². The van der Waals surface area contributed by atoms with Crippen molar-refractivity contribution in [2.24, 2.45) is 0 Å². The lowest BCUT2D eigenvalue weighted by molar-refractivity contribution is 0.0691. The van der Waals surface area contributed by atoms with E-state index in [1.54, 1.807) is 6.20 Å². The van der Waals surface area contributed by atoms with Gasteiger partial charge in [0.1, 0.15) is 5.82 Å². The fraction of sp³-hybridized carbons (Fsp3) is 0.583. The van der Waals surface area contributed by atoms with Gasteiger partial charge in [-0.2, -0.15) is 0 Å². The Morgan fingerprint density at radius 1 is 1.53 bits per heavy atom. The van der Waals surface area contributed by atoms with E-state index in [9.17, 15) is 4.79 Å². The summed E-state index contributed by atoms with van der Waals surface area (Å²) in [5.41, 5.74) is 0.603. The Labute approximate surface area is 100 Å². The molecule has 0 unspecified atom stereocenters. The number of aromatic carboxylic acids is 1. The molecule has 1 aliphatic rings. The summed E-state index contributed by atoms with van der Waals surface area (Å²) in [6, 6.07) is 0. The molecule has 17 heavy (non-hydrogen) atoms. The van der Waals surface area contributed by atoms with E-state index in [-0.39, 0.29) is 17.2 Å². The molecule has 0 aliphatic heterocycles. The summed E-state index contributed by atoms with van der Waals surface area (Å²) >= 11 is 0. The standard InChI is InChI=1S/C12H17N3O2/c1-7(2)10-13-6-8(9(14-10)11(16)17)15-12(3)4-5-12/h6-7,15H,4-5H2,1-3H3,(H,16,17). The van der Waals surface area contributed by atoms with Gasteiger partial charge in [0.25, 0.3) is 0 Å². The number of carboxylic acids is 1. The van der Waals surface area contributed by atoms with Crippen molar-refractivity contribution in [2.45, 2.75) is 45.1 Å². The van der Waals surface area contributed by atoms with Crippen LogP contribution in [0.2, 0.25) is 0 Å². The van der Waals surface area contributed by atoms with Crippen LogP contribution >= 0.6 is 0 Å². The Morgan fingerprint density at radius 3 is 2.65 bits per heavy atom. The van der Waals surface area contributed by atoms with Crippen molar-refractivity contribution in [2.75, 3.05) is 5.32 Å². The lowest BCUT2D eigenvalue weighted by Crippen LogP contribution is -2.20. The lowest BCUT2D eigenvalue weighted by Gasteiger charge is -2.15. The number of carbonyl (C=O) groups is 1. The van der Waals surface area contributed by atoms with Gasteiger partial charge in [0.2, 0.25) is 0 Å². The van der Waals surface area contributed by atoms with E-state index < -0.39 is 5.97 Å². The molecule has 0 saturated heterocycles. The SMILES string of the molecule is CC(C)c1ncc(NC2(C)CC2)c(C(=O)O)n1. The van der Waals surface area contributed by atoms with E-state index in [2.05, 4.69) is 22.2 Å². The second-order valence-electron chi connectivity index (χ2n) is 5.14. The molecule has 5 heteroatoms. The van der Waals surface area contributed by atoms with Gasteiger partial charge in [-0.3, -0.25) is 0 Å². The number of nitrogens with zero attached hydrogens (tertiary/aromatic N) is 2. The third kappa shape index (κ3) is 2.54. The normalized spacial score (nSPS) is 16.9. The third-order valence-corrected chi connectivity index (χ3v) is 2.96. The van der Waals surface area contributed by atoms with Crippen LogP contribution in [-0.2, 0) is 0 Å². The zero-order valence-corrected chi connectivity index (χ0v) is 10.3. The van der Waals surface area contributed by atoms with Crippen LogP contribution in [-0.4, -0.2) is 26.6 Å². The minimum Gasteiger partial charge on any atom is -0.476 e. The van der Waals surface area contributed by atoms with E-state index in [0.29, 0.717) is 11.5 Å². The van der Waals surface area contributed by atoms with Gasteiger partial charge >= 0.3 is 5.97 Å². The Kier molecular flexibility index (Phi) is 2.77. The fourth-order valence-corrected chi connectivity index (χ4v) is 1.57. The average molecular weight is 235 g/mol. The van der Waals surface area contributed by atoms with Crippen molar-refractivity contribution in [1.82, 2.24) is 9.97 Å². The summed E-state index contributed by atoms with van der Waals surface area (Å²) in [6.07, 6.45) is 3.69. The van der Waals surface area contributed by atoms with Gasteiger partial charge in [0, 0.05) is 11.5 Å². The highest BCUT2D eigenvalue weighted by atomic mass is 16.4. The minimum atomic E-state index is -1.01. The highest BCUT2D eigenvalue weighted by molar-refractivity contribution is 5.91. The van der Waals surface area contributed by atoms with Crippen molar-refractivity contribution in [1.29, 1.82) is 0 Å². The second kappa shape index (κ2) is 3.98. The Hall–Kier alpha value is -1.65. The van der Waals surface area contributed by atoms with Crippen molar-refractivity contribution in [3.63, 3.8) is 0 Å². The summed E-state index contributed by atoms with van der Waals surface area (Å²) in [5, 5.41) is 12.4. The molecule has 1 aliphatic carbocycles. The zero-order chi connectivity index (χ0) is 12.6. The number of hydrogen-bond acceptors (Lipinski definition) is 4. The molecule has 1 aromatic rings. The van der Waals surface area contributed by atoms with Crippen LogP contribution in [0.15, 0.2) is 6.20 Å². The number of rotatable bonds is 4. The van der Waals surface area contributed by atoms with Gasteiger partial charge < -0.3 is 10.4 Å². The fourth-order valence-electron chi connectivity index (χ4n) is 1.57. The maximum Gasteiger partial charge on any atom is 0.356 e. The molecule has 0 spiro atoms. The molecular weight excluding hydrogens is 218 g/mol. The van der Waals surface area contributed by atoms with Crippen LogP contribution in [0.25, 0.3) is 0 Å². The molecule has 92 valence electrons. The van der Waals surface area contributed by atoms with Gasteiger partial charge in [0.05, 0.1) is 11.9 Å². The average Bonchev–Trinajstić information content (AvgIpc) is 2.96. The predicted molar refractivity (Wildman–Crippen MR) is 64.3 cm³/mol. The zero-order valence-electron chi connectivity index (χ0n) is 10.3. The maximum absolute atomic E-state index is 11.2. The van der Waals surface area contributed by atoms with E-state index >= 15 is 0 Å². The summed E-state index contributed by atoms with van der Waals surface area (Å²) in [5.74, 6) is -0.325. The summed E-state index contributed by atoms with van der Waals surface area (Å²) < 4.78 is 0. The molecule has 1 aromatic heterocycles. The summed E-state index contributed by atoms with van der Waals surface area (Å²) in [4.78, 5) is 19.5. The van der Waals surface area contributed by atoms with Gasteiger partial charge in [-0.1, -0.05) is 13.8 Å². The Bertz CT molecular complexity index is 453. The van der Waals surface area contributed by atoms with E-state index in [0.717, 1.165) is 12.8 Å². The molecule has 5 nitrogen and oxygen atoms in total. The van der Waals surface area contributed by atoms with Crippen LogP contribution < -0.4 is 5.32 Å². The van der Waals surface area contributed by atoms with Crippen molar-refractivity contribution >= 4 is 11.7 Å². The van der Waals surface area contributed by atoms with E-state index in [4.69, 9.17) is 5.11 Å². The molecule has 0 bridgehead atoms. The predicted octanol–water partition coefficient (Wildman–Crippen LogP) is 2.26. The first kappa shape index (κ1) is 11.8. The number of anilines is 1. The van der Waals surface area contributed by atoms with Gasteiger partial charge in [-0.15, -0.1) is 0 Å². The highest BCUT2D eigenvalue weighted by Crippen LogP contribution is 2.38. The molecule has 1 fully saturated rings. The van der Waals surface area contributed by atoms with Crippen molar-refractivity contribution in [3.05, 3.63) is 17.7 Å². The smallest absolute Gasteiger partial charge is 0.356 e. The number of carboxylic acid groups (broad SMARTS) is 1. The second-order valence-corrected chi connectivity index (χ2v) is 5.14. The Morgan fingerprint density at radius 2 is 2.18 bits per heavy atom.